The van der Waals surface area contributed by atoms with E-state index < -0.39 is 16.6 Å². The van der Waals surface area contributed by atoms with Gasteiger partial charge in [-0.05, 0) is 40.2 Å². The first-order valence-electron chi connectivity index (χ1n) is 5.58. The van der Waals surface area contributed by atoms with E-state index in [0.717, 1.165) is 18.2 Å². The maximum Gasteiger partial charge on any atom is 0.270 e. The minimum Gasteiger partial charge on any atom is -0.322 e. The van der Waals surface area contributed by atoms with Crippen LogP contribution in [0.3, 0.4) is 0 Å². The van der Waals surface area contributed by atoms with Crippen molar-refractivity contribution >= 4 is 44.8 Å². The number of rotatable bonds is 3. The van der Waals surface area contributed by atoms with Gasteiger partial charge in [-0.3, -0.25) is 14.9 Å². The van der Waals surface area contributed by atoms with Crippen molar-refractivity contribution in [2.75, 3.05) is 5.32 Å². The number of anilines is 1. The van der Waals surface area contributed by atoms with Crippen molar-refractivity contribution < 1.29 is 14.1 Å². The minimum absolute atomic E-state index is 0.0598. The van der Waals surface area contributed by atoms with Gasteiger partial charge in [0.15, 0.2) is 0 Å². The number of non-ortho nitro benzene ring substituents is 1. The van der Waals surface area contributed by atoms with E-state index in [4.69, 9.17) is 11.6 Å². The number of halogens is 3. The number of nitro benzene ring substituents is 1. The van der Waals surface area contributed by atoms with Crippen LogP contribution in [0, 0.1) is 15.9 Å². The number of carbonyl (C=O) groups is 1. The average molecular weight is 374 g/mol. The maximum atomic E-state index is 13.2. The minimum atomic E-state index is -0.618. The number of hydrogen-bond acceptors (Lipinski definition) is 3. The highest BCUT2D eigenvalue weighted by molar-refractivity contribution is 9.10. The van der Waals surface area contributed by atoms with E-state index in [9.17, 15) is 19.3 Å². The lowest BCUT2D eigenvalue weighted by Gasteiger charge is -2.07. The zero-order valence-corrected chi connectivity index (χ0v) is 12.6. The summed E-state index contributed by atoms with van der Waals surface area (Å²) in [5, 5.41) is 13.3. The molecule has 0 unspecified atom stereocenters. The zero-order chi connectivity index (χ0) is 15.6. The predicted molar refractivity (Wildman–Crippen MR) is 80.2 cm³/mol. The van der Waals surface area contributed by atoms with Crippen LogP contribution in [-0.4, -0.2) is 10.8 Å². The molecule has 1 N–H and O–H groups in total. The van der Waals surface area contributed by atoms with E-state index >= 15 is 0 Å². The van der Waals surface area contributed by atoms with Crippen LogP contribution in [0.4, 0.5) is 15.8 Å². The second-order valence-electron chi connectivity index (χ2n) is 4.03. The van der Waals surface area contributed by atoms with Crippen molar-refractivity contribution in [2.45, 2.75) is 0 Å². The highest BCUT2D eigenvalue weighted by Crippen LogP contribution is 2.24. The lowest BCUT2D eigenvalue weighted by Crippen LogP contribution is -2.13. The van der Waals surface area contributed by atoms with Gasteiger partial charge in [0.1, 0.15) is 5.82 Å². The number of carbonyl (C=O) groups excluding carboxylic acids is 1. The summed E-state index contributed by atoms with van der Waals surface area (Å²) in [4.78, 5) is 22.2. The Bertz CT molecular complexity index is 719. The molecule has 0 saturated heterocycles. The molecule has 2 aromatic rings. The van der Waals surface area contributed by atoms with Crippen LogP contribution in [0.1, 0.15) is 10.4 Å². The van der Waals surface area contributed by atoms with Crippen molar-refractivity contribution in [1.29, 1.82) is 0 Å². The van der Waals surface area contributed by atoms with Gasteiger partial charge in [0, 0.05) is 27.3 Å². The molecule has 5 nitrogen and oxygen atoms in total. The lowest BCUT2D eigenvalue weighted by atomic mass is 10.2. The summed E-state index contributed by atoms with van der Waals surface area (Å²) in [5.41, 5.74) is -0.00591. The molecule has 0 saturated carbocycles. The second kappa shape index (κ2) is 6.19. The molecule has 8 heteroatoms. The number of hydrogen-bond donors (Lipinski definition) is 1. The van der Waals surface area contributed by atoms with E-state index in [1.54, 1.807) is 0 Å². The summed E-state index contributed by atoms with van der Waals surface area (Å²) >= 11 is 8.83. The normalized spacial score (nSPS) is 10.2. The van der Waals surface area contributed by atoms with Crippen molar-refractivity contribution in [3.63, 3.8) is 0 Å². The molecule has 0 atom stereocenters. The zero-order valence-electron chi connectivity index (χ0n) is 10.3. The third kappa shape index (κ3) is 3.77. The van der Waals surface area contributed by atoms with E-state index in [1.165, 1.54) is 18.2 Å². The largest absolute Gasteiger partial charge is 0.322 e. The van der Waals surface area contributed by atoms with Gasteiger partial charge in [0.25, 0.3) is 11.6 Å². The number of nitrogens with zero attached hydrogens (tertiary/aromatic N) is 1. The topological polar surface area (TPSA) is 72.2 Å². The third-order valence-corrected chi connectivity index (χ3v) is 3.44. The molecule has 0 radical (unpaired) electrons. The Labute approximate surface area is 132 Å². The molecule has 0 aliphatic carbocycles. The Morgan fingerprint density at radius 3 is 2.62 bits per heavy atom. The molecule has 0 aliphatic rings. The standard InChI is InChI=1S/C13H7BrClFN2O3/c14-12-2-1-10(18(20)21)6-11(12)13(19)17-9-4-7(15)3-8(16)5-9/h1-6H,(H,17,19). The third-order valence-electron chi connectivity index (χ3n) is 2.53. The van der Waals surface area contributed by atoms with Gasteiger partial charge in [0.2, 0.25) is 0 Å². The van der Waals surface area contributed by atoms with Gasteiger partial charge in [0.05, 0.1) is 10.5 Å². The van der Waals surface area contributed by atoms with Crippen LogP contribution < -0.4 is 5.32 Å². The number of benzene rings is 2. The molecule has 0 fully saturated rings. The smallest absolute Gasteiger partial charge is 0.270 e. The Kier molecular flexibility index (Phi) is 4.54. The van der Waals surface area contributed by atoms with Crippen molar-refractivity contribution in [3.05, 3.63) is 67.4 Å². The quantitative estimate of drug-likeness (QED) is 0.640. The Balaban J connectivity index is 2.31. The van der Waals surface area contributed by atoms with Crippen LogP contribution in [0.2, 0.25) is 5.02 Å². The van der Waals surface area contributed by atoms with Gasteiger partial charge < -0.3 is 5.32 Å². The Morgan fingerprint density at radius 2 is 2.00 bits per heavy atom. The molecule has 1 amide bonds. The van der Waals surface area contributed by atoms with Crippen LogP contribution in [0.25, 0.3) is 0 Å². The Hall–Kier alpha value is -1.99. The molecular formula is C13H7BrClFN2O3. The summed E-state index contributed by atoms with van der Waals surface area (Å²) in [6, 6.07) is 7.34. The van der Waals surface area contributed by atoms with E-state index in [2.05, 4.69) is 21.2 Å². The van der Waals surface area contributed by atoms with Gasteiger partial charge in [-0.25, -0.2) is 4.39 Å². The molecule has 21 heavy (non-hydrogen) atoms. The molecule has 2 rings (SSSR count). The highest BCUT2D eigenvalue weighted by atomic mass is 79.9. The van der Waals surface area contributed by atoms with Crippen molar-refractivity contribution in [1.82, 2.24) is 0 Å². The first kappa shape index (κ1) is 15.4. The summed E-state index contributed by atoms with van der Waals surface area (Å²) in [7, 11) is 0. The maximum absolute atomic E-state index is 13.2. The molecule has 0 aromatic heterocycles. The number of nitro groups is 1. The monoisotopic (exact) mass is 372 g/mol. The van der Waals surface area contributed by atoms with Crippen LogP contribution >= 0.6 is 27.5 Å². The van der Waals surface area contributed by atoms with Crippen molar-refractivity contribution in [2.24, 2.45) is 0 Å². The second-order valence-corrected chi connectivity index (χ2v) is 5.32. The van der Waals surface area contributed by atoms with Gasteiger partial charge in [-0.1, -0.05) is 11.6 Å². The predicted octanol–water partition coefficient (Wildman–Crippen LogP) is 4.40. The average Bonchev–Trinajstić information content (AvgIpc) is 2.37. The summed E-state index contributed by atoms with van der Waals surface area (Å²) < 4.78 is 13.6. The first-order chi connectivity index (χ1) is 9.86. The van der Waals surface area contributed by atoms with Crippen LogP contribution in [0.15, 0.2) is 40.9 Å². The molecule has 0 spiro atoms. The fraction of sp³-hybridized carbons (Fsp3) is 0. The summed E-state index contributed by atoms with van der Waals surface area (Å²) in [5.74, 6) is -1.22. The molecule has 0 heterocycles. The van der Waals surface area contributed by atoms with Crippen LogP contribution in [-0.2, 0) is 0 Å². The van der Waals surface area contributed by atoms with E-state index in [0.29, 0.717) is 4.47 Å². The molecular weight excluding hydrogens is 367 g/mol. The van der Waals surface area contributed by atoms with Gasteiger partial charge in [-0.2, -0.15) is 0 Å². The Morgan fingerprint density at radius 1 is 1.29 bits per heavy atom. The lowest BCUT2D eigenvalue weighted by molar-refractivity contribution is -0.384. The number of amides is 1. The first-order valence-corrected chi connectivity index (χ1v) is 6.75. The summed E-state index contributed by atoms with van der Waals surface area (Å²) in [6.07, 6.45) is 0. The molecule has 108 valence electrons. The van der Waals surface area contributed by atoms with Gasteiger partial charge >= 0.3 is 0 Å². The summed E-state index contributed by atoms with van der Waals surface area (Å²) in [6.45, 7) is 0. The van der Waals surface area contributed by atoms with E-state index in [-0.39, 0.29) is 22.0 Å². The highest BCUT2D eigenvalue weighted by Gasteiger charge is 2.16. The van der Waals surface area contributed by atoms with E-state index in [1.807, 2.05) is 0 Å². The van der Waals surface area contributed by atoms with Gasteiger partial charge in [-0.15, -0.1) is 0 Å². The van der Waals surface area contributed by atoms with Crippen LogP contribution in [0.5, 0.6) is 0 Å². The SMILES string of the molecule is O=C(Nc1cc(F)cc(Cl)c1)c1cc([N+](=O)[O-])ccc1Br. The van der Waals surface area contributed by atoms with Crippen molar-refractivity contribution in [3.8, 4) is 0 Å². The fourth-order valence-electron chi connectivity index (χ4n) is 1.63. The fourth-order valence-corrected chi connectivity index (χ4v) is 2.27. The molecule has 0 bridgehead atoms. The number of nitrogens with one attached hydrogen (secondary N) is 1. The molecule has 0 aliphatic heterocycles. The molecule has 2 aromatic carbocycles.